The Hall–Kier alpha value is -1.89. The zero-order valence-electron chi connectivity index (χ0n) is 13.7. The van der Waals surface area contributed by atoms with E-state index in [4.69, 9.17) is 11.6 Å². The van der Waals surface area contributed by atoms with Gasteiger partial charge in [0, 0.05) is 0 Å². The first-order valence-corrected chi connectivity index (χ1v) is 9.18. The van der Waals surface area contributed by atoms with Gasteiger partial charge in [-0.25, -0.2) is 13.1 Å². The van der Waals surface area contributed by atoms with Crippen molar-refractivity contribution in [3.05, 3.63) is 58.1 Å². The van der Waals surface area contributed by atoms with Crippen molar-refractivity contribution in [1.82, 2.24) is 4.72 Å². The first-order valence-electron chi connectivity index (χ1n) is 7.32. The predicted octanol–water partition coefficient (Wildman–Crippen LogP) is 3.18. The van der Waals surface area contributed by atoms with Crippen molar-refractivity contribution in [2.45, 2.75) is 25.7 Å². The standard InChI is InChI=1S/C17H19ClN2O3S/c1-11-8-13(3)17(14(18)9-11)20-16(21)10-19-24(22,23)15-7-5-4-6-12(15)2/h4-9,19H,10H2,1-3H3,(H,20,21). The first kappa shape index (κ1) is 18.4. The van der Waals surface area contributed by atoms with Gasteiger partial charge in [-0.1, -0.05) is 35.9 Å². The predicted molar refractivity (Wildman–Crippen MR) is 95.9 cm³/mol. The Morgan fingerprint density at radius 3 is 2.38 bits per heavy atom. The van der Waals surface area contributed by atoms with E-state index in [9.17, 15) is 13.2 Å². The number of carbonyl (C=O) groups excluding carboxylic acids is 1. The minimum absolute atomic E-state index is 0.155. The van der Waals surface area contributed by atoms with Gasteiger partial charge in [0.25, 0.3) is 0 Å². The summed E-state index contributed by atoms with van der Waals surface area (Å²) in [7, 11) is -3.75. The van der Waals surface area contributed by atoms with Crippen LogP contribution in [0.25, 0.3) is 0 Å². The van der Waals surface area contributed by atoms with E-state index in [1.807, 2.05) is 19.9 Å². The van der Waals surface area contributed by atoms with Crippen molar-refractivity contribution in [3.8, 4) is 0 Å². The topological polar surface area (TPSA) is 75.3 Å². The van der Waals surface area contributed by atoms with E-state index in [-0.39, 0.29) is 11.4 Å². The molecule has 0 unspecified atom stereocenters. The van der Waals surface area contributed by atoms with E-state index in [2.05, 4.69) is 10.0 Å². The highest BCUT2D eigenvalue weighted by molar-refractivity contribution is 7.89. The SMILES string of the molecule is Cc1cc(C)c(NC(=O)CNS(=O)(=O)c2ccccc2C)c(Cl)c1. The summed E-state index contributed by atoms with van der Waals surface area (Å²) in [6.45, 7) is 5.05. The molecule has 0 spiro atoms. The first-order chi connectivity index (χ1) is 11.2. The minimum Gasteiger partial charge on any atom is -0.323 e. The summed E-state index contributed by atoms with van der Waals surface area (Å²) >= 11 is 6.13. The average molecular weight is 367 g/mol. The lowest BCUT2D eigenvalue weighted by Crippen LogP contribution is -2.33. The second-order valence-corrected chi connectivity index (χ2v) is 7.72. The number of carbonyl (C=O) groups is 1. The number of benzene rings is 2. The van der Waals surface area contributed by atoms with Crippen LogP contribution < -0.4 is 10.0 Å². The van der Waals surface area contributed by atoms with Crippen LogP contribution in [0.3, 0.4) is 0 Å². The van der Waals surface area contributed by atoms with E-state index < -0.39 is 15.9 Å². The lowest BCUT2D eigenvalue weighted by atomic mass is 10.1. The molecule has 0 saturated carbocycles. The van der Waals surface area contributed by atoms with Crippen molar-refractivity contribution in [3.63, 3.8) is 0 Å². The van der Waals surface area contributed by atoms with Crippen LogP contribution in [0, 0.1) is 20.8 Å². The highest BCUT2D eigenvalue weighted by Crippen LogP contribution is 2.27. The Labute approximate surface area is 147 Å². The zero-order valence-corrected chi connectivity index (χ0v) is 15.3. The Balaban J connectivity index is 2.08. The van der Waals surface area contributed by atoms with E-state index >= 15 is 0 Å². The van der Waals surface area contributed by atoms with Gasteiger partial charge < -0.3 is 5.32 Å². The summed E-state index contributed by atoms with van der Waals surface area (Å²) in [5.74, 6) is -0.485. The molecule has 0 atom stereocenters. The van der Waals surface area contributed by atoms with Crippen LogP contribution in [0.4, 0.5) is 5.69 Å². The molecule has 2 N–H and O–H groups in total. The quantitative estimate of drug-likeness (QED) is 0.853. The second-order valence-electron chi connectivity index (χ2n) is 5.58. The van der Waals surface area contributed by atoms with Gasteiger partial charge in [-0.05, 0) is 49.6 Å². The molecule has 0 fully saturated rings. The van der Waals surface area contributed by atoms with Gasteiger partial charge in [0.15, 0.2) is 0 Å². The molecule has 24 heavy (non-hydrogen) atoms. The van der Waals surface area contributed by atoms with Gasteiger partial charge in [-0.2, -0.15) is 0 Å². The largest absolute Gasteiger partial charge is 0.323 e. The fraction of sp³-hybridized carbons (Fsp3) is 0.235. The molecule has 0 radical (unpaired) electrons. The number of aryl methyl sites for hydroxylation is 3. The van der Waals surface area contributed by atoms with Gasteiger partial charge in [0.2, 0.25) is 15.9 Å². The molecule has 128 valence electrons. The number of sulfonamides is 1. The molecule has 0 aliphatic carbocycles. The van der Waals surface area contributed by atoms with Gasteiger partial charge in [0.1, 0.15) is 0 Å². The van der Waals surface area contributed by atoms with Crippen molar-refractivity contribution in [1.29, 1.82) is 0 Å². The number of hydrogen-bond acceptors (Lipinski definition) is 3. The van der Waals surface area contributed by atoms with Crippen LogP contribution in [0.1, 0.15) is 16.7 Å². The number of halogens is 1. The third kappa shape index (κ3) is 4.35. The number of rotatable bonds is 5. The second kappa shape index (κ2) is 7.34. The molecule has 0 bridgehead atoms. The third-order valence-electron chi connectivity index (χ3n) is 3.50. The van der Waals surface area contributed by atoms with Crippen LogP contribution >= 0.6 is 11.6 Å². The van der Waals surface area contributed by atoms with Crippen LogP contribution in [-0.2, 0) is 14.8 Å². The van der Waals surface area contributed by atoms with E-state index in [0.29, 0.717) is 16.3 Å². The van der Waals surface area contributed by atoms with Crippen LogP contribution in [0.2, 0.25) is 5.02 Å². The van der Waals surface area contributed by atoms with Crippen molar-refractivity contribution < 1.29 is 13.2 Å². The highest BCUT2D eigenvalue weighted by atomic mass is 35.5. The molecule has 0 aliphatic heterocycles. The van der Waals surface area contributed by atoms with Crippen LogP contribution in [-0.4, -0.2) is 20.9 Å². The van der Waals surface area contributed by atoms with Gasteiger partial charge >= 0.3 is 0 Å². The maximum Gasteiger partial charge on any atom is 0.241 e. The molecule has 0 aromatic heterocycles. The molecular weight excluding hydrogens is 348 g/mol. The summed E-state index contributed by atoms with van der Waals surface area (Å²) in [4.78, 5) is 12.2. The maximum absolute atomic E-state index is 12.3. The fourth-order valence-corrected chi connectivity index (χ4v) is 3.95. The summed E-state index contributed by atoms with van der Waals surface area (Å²) in [5.41, 5.74) is 2.90. The smallest absolute Gasteiger partial charge is 0.241 e. The number of hydrogen-bond donors (Lipinski definition) is 2. The van der Waals surface area contributed by atoms with Gasteiger partial charge in [-0.3, -0.25) is 4.79 Å². The van der Waals surface area contributed by atoms with Gasteiger partial charge in [-0.15, -0.1) is 0 Å². The lowest BCUT2D eigenvalue weighted by Gasteiger charge is -2.13. The highest BCUT2D eigenvalue weighted by Gasteiger charge is 2.18. The van der Waals surface area contributed by atoms with Crippen LogP contribution in [0.5, 0.6) is 0 Å². The Morgan fingerprint density at radius 2 is 1.75 bits per heavy atom. The molecule has 0 aliphatic rings. The molecule has 0 saturated heterocycles. The number of anilines is 1. The van der Waals surface area contributed by atoms with Gasteiger partial charge in [0.05, 0.1) is 22.2 Å². The fourth-order valence-electron chi connectivity index (χ4n) is 2.35. The normalized spacial score (nSPS) is 11.3. The van der Waals surface area contributed by atoms with Crippen molar-refractivity contribution in [2.24, 2.45) is 0 Å². The number of amides is 1. The summed E-state index contributed by atoms with van der Waals surface area (Å²) < 4.78 is 26.8. The molecule has 5 nitrogen and oxygen atoms in total. The summed E-state index contributed by atoms with van der Waals surface area (Å²) in [6, 6.07) is 10.2. The maximum atomic E-state index is 12.3. The molecule has 2 aromatic rings. The average Bonchev–Trinajstić information content (AvgIpc) is 2.49. The minimum atomic E-state index is -3.75. The molecule has 7 heteroatoms. The molecule has 1 amide bonds. The van der Waals surface area contributed by atoms with E-state index in [1.54, 1.807) is 31.2 Å². The Morgan fingerprint density at radius 1 is 1.08 bits per heavy atom. The molecule has 0 heterocycles. The zero-order chi connectivity index (χ0) is 17.9. The third-order valence-corrected chi connectivity index (χ3v) is 5.36. The van der Waals surface area contributed by atoms with Crippen LogP contribution in [0.15, 0.2) is 41.3 Å². The Bertz CT molecular complexity index is 856. The Kier molecular flexibility index (Phi) is 5.64. The lowest BCUT2D eigenvalue weighted by molar-refractivity contribution is -0.115. The summed E-state index contributed by atoms with van der Waals surface area (Å²) in [5, 5.41) is 3.07. The molecular formula is C17H19ClN2O3S. The monoisotopic (exact) mass is 366 g/mol. The van der Waals surface area contributed by atoms with E-state index in [1.165, 1.54) is 6.07 Å². The number of nitrogens with one attached hydrogen (secondary N) is 2. The van der Waals surface area contributed by atoms with Crippen molar-refractivity contribution >= 4 is 33.2 Å². The molecule has 2 aromatic carbocycles. The molecule has 2 rings (SSSR count). The van der Waals surface area contributed by atoms with E-state index in [0.717, 1.165) is 11.1 Å². The summed E-state index contributed by atoms with van der Waals surface area (Å²) in [6.07, 6.45) is 0. The van der Waals surface area contributed by atoms with Crippen molar-refractivity contribution in [2.75, 3.05) is 11.9 Å².